The lowest BCUT2D eigenvalue weighted by Gasteiger charge is -2.09. The molecule has 0 unspecified atom stereocenters. The van der Waals surface area contributed by atoms with Crippen molar-refractivity contribution < 1.29 is 14.4 Å². The van der Waals surface area contributed by atoms with Gasteiger partial charge in [0.1, 0.15) is 5.82 Å². The summed E-state index contributed by atoms with van der Waals surface area (Å²) in [6.45, 7) is 0. The van der Waals surface area contributed by atoms with Gasteiger partial charge in [0.05, 0.1) is 10.7 Å². The fourth-order valence-corrected chi connectivity index (χ4v) is 1.80. The maximum absolute atomic E-state index is 12.8. The number of hydrogen-bond acceptors (Lipinski definition) is 3. The van der Waals surface area contributed by atoms with Gasteiger partial charge in [0, 0.05) is 11.1 Å². The zero-order valence-electron chi connectivity index (χ0n) is 10.7. The normalized spacial score (nSPS) is 11.2. The molecule has 0 atom stereocenters. The van der Waals surface area contributed by atoms with Crippen molar-refractivity contribution in [2.45, 2.75) is 0 Å². The third-order valence-corrected chi connectivity index (χ3v) is 3.05. The number of rotatable bonds is 3. The largest absolute Gasteiger partial charge is 0.409 e. The van der Waals surface area contributed by atoms with Crippen LogP contribution in [0.1, 0.15) is 15.9 Å². The third-order valence-electron chi connectivity index (χ3n) is 2.72. The minimum atomic E-state index is -0.450. The van der Waals surface area contributed by atoms with Gasteiger partial charge in [0.2, 0.25) is 0 Å². The smallest absolute Gasteiger partial charge is 0.255 e. The second-order valence-corrected chi connectivity index (χ2v) is 4.55. The molecule has 4 N–H and O–H groups in total. The number of anilines is 1. The predicted molar refractivity (Wildman–Crippen MR) is 78.3 cm³/mol. The molecule has 0 fully saturated rings. The number of nitrogens with two attached hydrogens (primary N) is 1. The summed E-state index contributed by atoms with van der Waals surface area (Å²) in [6, 6.07) is 9.60. The molecule has 0 spiro atoms. The highest BCUT2D eigenvalue weighted by molar-refractivity contribution is 6.34. The molecule has 0 aliphatic heterocycles. The number of amidine groups is 1. The first kappa shape index (κ1) is 14.8. The second kappa shape index (κ2) is 6.23. The quantitative estimate of drug-likeness (QED) is 0.352. The third kappa shape index (κ3) is 3.49. The Morgan fingerprint density at radius 3 is 2.43 bits per heavy atom. The molecule has 108 valence electrons. The monoisotopic (exact) mass is 307 g/mol. The van der Waals surface area contributed by atoms with E-state index in [1.54, 1.807) is 6.07 Å². The number of carbonyl (C=O) groups excluding carboxylic acids is 1. The predicted octanol–water partition coefficient (Wildman–Crippen LogP) is 2.83. The lowest BCUT2D eigenvalue weighted by Crippen LogP contribution is -2.15. The van der Waals surface area contributed by atoms with E-state index in [-0.39, 0.29) is 11.4 Å². The molecule has 0 bridgehead atoms. The van der Waals surface area contributed by atoms with Gasteiger partial charge in [-0.2, -0.15) is 0 Å². The summed E-state index contributed by atoms with van der Waals surface area (Å²) in [5.41, 5.74) is 6.45. The zero-order chi connectivity index (χ0) is 15.4. The number of carbonyl (C=O) groups is 1. The van der Waals surface area contributed by atoms with Crippen LogP contribution in [0, 0.1) is 5.82 Å². The molecule has 0 radical (unpaired) electrons. The number of oxime groups is 1. The maximum atomic E-state index is 12.8. The molecule has 0 saturated heterocycles. The Kier molecular flexibility index (Phi) is 4.39. The molecule has 2 rings (SSSR count). The van der Waals surface area contributed by atoms with E-state index in [4.69, 9.17) is 22.5 Å². The van der Waals surface area contributed by atoms with Crippen molar-refractivity contribution in [2.24, 2.45) is 10.9 Å². The molecular weight excluding hydrogens is 297 g/mol. The molecular formula is C14H11ClFN3O2. The highest BCUT2D eigenvalue weighted by Gasteiger charge is 2.10. The molecule has 21 heavy (non-hydrogen) atoms. The van der Waals surface area contributed by atoms with Gasteiger partial charge < -0.3 is 16.3 Å². The average Bonchev–Trinajstić information content (AvgIpc) is 2.49. The van der Waals surface area contributed by atoms with Gasteiger partial charge >= 0.3 is 0 Å². The highest BCUT2D eigenvalue weighted by atomic mass is 35.5. The Morgan fingerprint density at radius 2 is 1.81 bits per heavy atom. The standard InChI is InChI=1S/C14H11ClFN3O2/c15-11-6-3-9(13(17)19-21)7-12(11)18-14(20)8-1-4-10(16)5-2-8/h1-7,21H,(H2,17,19)(H,18,20). The Hall–Kier alpha value is -2.60. The van der Waals surface area contributed by atoms with Crippen LogP contribution in [0.15, 0.2) is 47.6 Å². The van der Waals surface area contributed by atoms with Crippen LogP contribution in [0.4, 0.5) is 10.1 Å². The van der Waals surface area contributed by atoms with Crippen LogP contribution in [0.2, 0.25) is 5.02 Å². The van der Waals surface area contributed by atoms with Crippen molar-refractivity contribution in [3.05, 3.63) is 64.4 Å². The summed E-state index contributed by atoms with van der Waals surface area (Å²) in [5.74, 6) is -0.990. The number of nitrogens with one attached hydrogen (secondary N) is 1. The van der Waals surface area contributed by atoms with E-state index in [9.17, 15) is 9.18 Å². The summed E-state index contributed by atoms with van der Waals surface area (Å²) in [6.07, 6.45) is 0. The molecule has 2 aromatic carbocycles. The Balaban J connectivity index is 2.26. The first-order valence-electron chi connectivity index (χ1n) is 5.85. The van der Waals surface area contributed by atoms with Crippen molar-refractivity contribution in [1.29, 1.82) is 0 Å². The number of nitrogens with zero attached hydrogens (tertiary/aromatic N) is 1. The van der Waals surface area contributed by atoms with E-state index in [0.717, 1.165) is 0 Å². The summed E-state index contributed by atoms with van der Waals surface area (Å²) < 4.78 is 12.8. The van der Waals surface area contributed by atoms with Crippen molar-refractivity contribution in [1.82, 2.24) is 0 Å². The lowest BCUT2D eigenvalue weighted by atomic mass is 10.1. The van der Waals surface area contributed by atoms with Crippen molar-refractivity contribution >= 4 is 29.0 Å². The summed E-state index contributed by atoms with van der Waals surface area (Å²) in [7, 11) is 0. The van der Waals surface area contributed by atoms with Crippen LogP contribution in [-0.2, 0) is 0 Å². The molecule has 0 aliphatic carbocycles. The summed E-state index contributed by atoms with van der Waals surface area (Å²) in [5, 5.41) is 14.4. The number of hydrogen-bond donors (Lipinski definition) is 3. The van der Waals surface area contributed by atoms with Crippen molar-refractivity contribution in [3.8, 4) is 0 Å². The molecule has 1 amide bonds. The lowest BCUT2D eigenvalue weighted by molar-refractivity contribution is 0.102. The topological polar surface area (TPSA) is 87.7 Å². The van der Waals surface area contributed by atoms with Gasteiger partial charge in [-0.05, 0) is 42.5 Å². The highest BCUT2D eigenvalue weighted by Crippen LogP contribution is 2.23. The molecule has 7 heteroatoms. The molecule has 0 aliphatic rings. The van der Waals surface area contributed by atoms with E-state index in [2.05, 4.69) is 10.5 Å². The first-order chi connectivity index (χ1) is 10.0. The Morgan fingerprint density at radius 1 is 1.19 bits per heavy atom. The maximum Gasteiger partial charge on any atom is 0.255 e. The Labute approximate surface area is 124 Å². The minimum Gasteiger partial charge on any atom is -0.409 e. The molecule has 0 aromatic heterocycles. The summed E-state index contributed by atoms with van der Waals surface area (Å²) >= 11 is 5.98. The van der Waals surface area contributed by atoms with E-state index in [1.807, 2.05) is 0 Å². The van der Waals surface area contributed by atoms with Crippen LogP contribution in [0.5, 0.6) is 0 Å². The van der Waals surface area contributed by atoms with Crippen molar-refractivity contribution in [2.75, 3.05) is 5.32 Å². The zero-order valence-corrected chi connectivity index (χ0v) is 11.4. The van der Waals surface area contributed by atoms with E-state index >= 15 is 0 Å². The number of halogens is 2. The van der Waals surface area contributed by atoms with Gasteiger partial charge in [-0.15, -0.1) is 0 Å². The van der Waals surface area contributed by atoms with Crippen LogP contribution in [-0.4, -0.2) is 17.0 Å². The Bertz CT molecular complexity index is 702. The van der Waals surface area contributed by atoms with E-state index in [1.165, 1.54) is 36.4 Å². The SMILES string of the molecule is N/C(=N/O)c1ccc(Cl)c(NC(=O)c2ccc(F)cc2)c1. The van der Waals surface area contributed by atoms with E-state index in [0.29, 0.717) is 16.3 Å². The molecule has 0 saturated carbocycles. The van der Waals surface area contributed by atoms with Crippen LogP contribution < -0.4 is 11.1 Å². The van der Waals surface area contributed by atoms with Gasteiger partial charge in [0.15, 0.2) is 5.84 Å². The minimum absolute atomic E-state index is 0.107. The van der Waals surface area contributed by atoms with Crippen LogP contribution >= 0.6 is 11.6 Å². The first-order valence-corrected chi connectivity index (χ1v) is 6.23. The van der Waals surface area contributed by atoms with Gasteiger partial charge in [-0.3, -0.25) is 4.79 Å². The van der Waals surface area contributed by atoms with Gasteiger partial charge in [-0.25, -0.2) is 4.39 Å². The van der Waals surface area contributed by atoms with E-state index < -0.39 is 11.7 Å². The fraction of sp³-hybridized carbons (Fsp3) is 0. The van der Waals surface area contributed by atoms with Gasteiger partial charge in [-0.1, -0.05) is 16.8 Å². The number of benzene rings is 2. The van der Waals surface area contributed by atoms with Crippen molar-refractivity contribution in [3.63, 3.8) is 0 Å². The average molecular weight is 308 g/mol. The molecule has 2 aromatic rings. The molecule has 0 heterocycles. The number of amides is 1. The van der Waals surface area contributed by atoms with Crippen LogP contribution in [0.3, 0.4) is 0 Å². The van der Waals surface area contributed by atoms with Crippen LogP contribution in [0.25, 0.3) is 0 Å². The fourth-order valence-electron chi connectivity index (χ4n) is 1.63. The molecule has 5 nitrogen and oxygen atoms in total. The van der Waals surface area contributed by atoms with Gasteiger partial charge in [0.25, 0.3) is 5.91 Å². The second-order valence-electron chi connectivity index (χ2n) is 4.14. The summed E-state index contributed by atoms with van der Waals surface area (Å²) in [4.78, 5) is 12.0.